The molecule has 1 fully saturated rings. The van der Waals surface area contributed by atoms with Crippen molar-refractivity contribution in [1.29, 1.82) is 0 Å². The lowest BCUT2D eigenvalue weighted by Crippen LogP contribution is -2.55. The van der Waals surface area contributed by atoms with E-state index in [4.69, 9.17) is 0 Å². The first-order valence-electron chi connectivity index (χ1n) is 7.36. The first-order valence-corrected chi connectivity index (χ1v) is 7.36. The van der Waals surface area contributed by atoms with Crippen molar-refractivity contribution in [2.24, 2.45) is 5.41 Å². The monoisotopic (exact) mass is 299 g/mol. The maximum atomic E-state index is 12.2. The third kappa shape index (κ3) is 4.09. The summed E-state index contributed by atoms with van der Waals surface area (Å²) in [6.45, 7) is 4.25. The zero-order valence-electron chi connectivity index (χ0n) is 12.9. The van der Waals surface area contributed by atoms with Gasteiger partial charge >= 0.3 is 12.0 Å². The molecule has 1 aliphatic rings. The van der Waals surface area contributed by atoms with Crippen molar-refractivity contribution in [1.82, 2.24) is 15.5 Å². The van der Waals surface area contributed by atoms with Crippen molar-refractivity contribution in [3.63, 3.8) is 0 Å². The summed E-state index contributed by atoms with van der Waals surface area (Å²) in [6, 6.07) is -1.03. The number of aliphatic carboxylic acids is 1. The highest BCUT2D eigenvalue weighted by atomic mass is 16.4. The van der Waals surface area contributed by atoms with Crippen LogP contribution in [0.3, 0.4) is 0 Å². The normalized spacial score (nSPS) is 23.3. The van der Waals surface area contributed by atoms with Crippen LogP contribution in [-0.4, -0.2) is 54.1 Å². The standard InChI is InChI=1S/C14H25N3O4/c1-4-6-14(12(19)20)7-5-8-17(9-14)13(21)16-10(2)11(18)15-3/h10H,4-9H2,1-3H3,(H,15,18)(H,16,21)(H,19,20). The van der Waals surface area contributed by atoms with Crippen LogP contribution in [0.4, 0.5) is 4.79 Å². The quantitative estimate of drug-likeness (QED) is 0.699. The number of urea groups is 1. The van der Waals surface area contributed by atoms with Gasteiger partial charge in [0.05, 0.1) is 5.41 Å². The minimum absolute atomic E-state index is 0.197. The SMILES string of the molecule is CCCC1(C(=O)O)CCCN(C(=O)NC(C)C(=O)NC)C1. The van der Waals surface area contributed by atoms with Crippen LogP contribution in [0.2, 0.25) is 0 Å². The molecule has 7 nitrogen and oxygen atoms in total. The largest absolute Gasteiger partial charge is 0.481 e. The Bertz CT molecular complexity index is 409. The molecular weight excluding hydrogens is 274 g/mol. The van der Waals surface area contributed by atoms with Gasteiger partial charge in [0, 0.05) is 20.1 Å². The molecule has 0 aromatic heterocycles. The first kappa shape index (κ1) is 17.3. The second kappa shape index (κ2) is 7.28. The van der Waals surface area contributed by atoms with E-state index in [-0.39, 0.29) is 18.5 Å². The first-order chi connectivity index (χ1) is 9.86. The van der Waals surface area contributed by atoms with Crippen LogP contribution in [0.5, 0.6) is 0 Å². The number of amides is 3. The van der Waals surface area contributed by atoms with Crippen molar-refractivity contribution < 1.29 is 19.5 Å². The molecule has 0 aliphatic carbocycles. The van der Waals surface area contributed by atoms with E-state index in [1.165, 1.54) is 11.9 Å². The van der Waals surface area contributed by atoms with E-state index in [2.05, 4.69) is 10.6 Å². The highest BCUT2D eigenvalue weighted by Crippen LogP contribution is 2.35. The number of carbonyl (C=O) groups is 3. The molecular formula is C14H25N3O4. The number of rotatable bonds is 5. The number of piperidine rings is 1. The summed E-state index contributed by atoms with van der Waals surface area (Å²) in [7, 11) is 1.50. The van der Waals surface area contributed by atoms with Crippen LogP contribution >= 0.6 is 0 Å². The van der Waals surface area contributed by atoms with Crippen LogP contribution in [0.25, 0.3) is 0 Å². The number of likely N-dealkylation sites (tertiary alicyclic amines) is 1. The summed E-state index contributed by atoms with van der Waals surface area (Å²) in [5.74, 6) is -1.13. The lowest BCUT2D eigenvalue weighted by molar-refractivity contribution is -0.152. The Labute approximate surface area is 125 Å². The van der Waals surface area contributed by atoms with Crippen molar-refractivity contribution >= 4 is 17.9 Å². The number of likely N-dealkylation sites (N-methyl/N-ethyl adjacent to an activating group) is 1. The van der Waals surface area contributed by atoms with Crippen LogP contribution in [0.15, 0.2) is 0 Å². The predicted molar refractivity (Wildman–Crippen MR) is 77.8 cm³/mol. The van der Waals surface area contributed by atoms with Gasteiger partial charge in [-0.15, -0.1) is 0 Å². The zero-order chi connectivity index (χ0) is 16.0. The maximum absolute atomic E-state index is 12.2. The molecule has 3 N–H and O–H groups in total. The number of carbonyl (C=O) groups excluding carboxylic acids is 2. The third-order valence-electron chi connectivity index (χ3n) is 4.03. The van der Waals surface area contributed by atoms with Gasteiger partial charge in [0.15, 0.2) is 0 Å². The Morgan fingerprint density at radius 1 is 1.38 bits per heavy atom. The van der Waals surface area contributed by atoms with E-state index in [1.807, 2.05) is 6.92 Å². The summed E-state index contributed by atoms with van der Waals surface area (Å²) in [4.78, 5) is 36.7. The second-order valence-electron chi connectivity index (χ2n) is 5.65. The molecule has 2 atom stereocenters. The molecule has 0 aromatic rings. The topological polar surface area (TPSA) is 98.7 Å². The van der Waals surface area contributed by atoms with Crippen LogP contribution in [0, 0.1) is 5.41 Å². The minimum atomic E-state index is -0.861. The predicted octanol–water partition coefficient (Wildman–Crippen LogP) is 0.797. The molecule has 1 saturated heterocycles. The molecule has 120 valence electrons. The van der Waals surface area contributed by atoms with E-state index in [0.29, 0.717) is 25.8 Å². The van der Waals surface area contributed by atoms with Gasteiger partial charge in [-0.2, -0.15) is 0 Å². The summed E-state index contributed by atoms with van der Waals surface area (Å²) in [5, 5.41) is 14.6. The smallest absolute Gasteiger partial charge is 0.318 e. The van der Waals surface area contributed by atoms with Crippen molar-refractivity contribution in [2.45, 2.75) is 45.6 Å². The van der Waals surface area contributed by atoms with Crippen LogP contribution in [0.1, 0.15) is 39.5 Å². The van der Waals surface area contributed by atoms with E-state index in [9.17, 15) is 19.5 Å². The number of hydrogen-bond donors (Lipinski definition) is 3. The van der Waals surface area contributed by atoms with E-state index >= 15 is 0 Å². The van der Waals surface area contributed by atoms with Gasteiger partial charge in [0.25, 0.3) is 0 Å². The zero-order valence-corrected chi connectivity index (χ0v) is 12.9. The van der Waals surface area contributed by atoms with Gasteiger partial charge in [-0.1, -0.05) is 13.3 Å². The average molecular weight is 299 g/mol. The van der Waals surface area contributed by atoms with Crippen LogP contribution < -0.4 is 10.6 Å². The fraction of sp³-hybridized carbons (Fsp3) is 0.786. The summed E-state index contributed by atoms with van der Waals surface area (Å²) in [5.41, 5.74) is -0.861. The number of carboxylic acids is 1. The Morgan fingerprint density at radius 3 is 2.57 bits per heavy atom. The summed E-state index contributed by atoms with van der Waals surface area (Å²) < 4.78 is 0. The molecule has 7 heteroatoms. The molecule has 0 saturated carbocycles. The molecule has 1 aliphatic heterocycles. The van der Waals surface area contributed by atoms with E-state index in [1.54, 1.807) is 6.92 Å². The van der Waals surface area contributed by atoms with Gasteiger partial charge in [-0.3, -0.25) is 9.59 Å². The highest BCUT2D eigenvalue weighted by molar-refractivity contribution is 5.87. The minimum Gasteiger partial charge on any atom is -0.481 e. The van der Waals surface area contributed by atoms with Crippen molar-refractivity contribution in [2.75, 3.05) is 20.1 Å². The Balaban J connectivity index is 2.73. The van der Waals surface area contributed by atoms with Gasteiger partial charge in [-0.05, 0) is 26.2 Å². The lowest BCUT2D eigenvalue weighted by Gasteiger charge is -2.40. The molecule has 3 amide bonds. The molecule has 21 heavy (non-hydrogen) atoms. The van der Waals surface area contributed by atoms with Crippen molar-refractivity contribution in [3.8, 4) is 0 Å². The third-order valence-corrected chi connectivity index (χ3v) is 4.03. The number of hydrogen-bond acceptors (Lipinski definition) is 3. The molecule has 0 spiro atoms. The maximum Gasteiger partial charge on any atom is 0.318 e. The van der Waals surface area contributed by atoms with E-state index in [0.717, 1.165) is 6.42 Å². The van der Waals surface area contributed by atoms with Gasteiger partial charge in [0.1, 0.15) is 6.04 Å². The average Bonchev–Trinajstić information content (AvgIpc) is 2.46. The molecule has 2 unspecified atom stereocenters. The Kier molecular flexibility index (Phi) is 5.99. The Morgan fingerprint density at radius 2 is 2.05 bits per heavy atom. The lowest BCUT2D eigenvalue weighted by atomic mass is 9.76. The Hall–Kier alpha value is -1.79. The summed E-state index contributed by atoms with van der Waals surface area (Å²) >= 11 is 0. The fourth-order valence-corrected chi connectivity index (χ4v) is 2.83. The van der Waals surface area contributed by atoms with Gasteiger partial charge < -0.3 is 20.6 Å². The van der Waals surface area contributed by atoms with Crippen molar-refractivity contribution in [3.05, 3.63) is 0 Å². The fourth-order valence-electron chi connectivity index (χ4n) is 2.83. The molecule has 0 radical (unpaired) electrons. The molecule has 0 bridgehead atoms. The number of nitrogens with one attached hydrogen (secondary N) is 2. The van der Waals surface area contributed by atoms with Gasteiger partial charge in [0.2, 0.25) is 5.91 Å². The summed E-state index contributed by atoms with van der Waals surface area (Å²) in [6.07, 6.45) is 2.56. The van der Waals surface area contributed by atoms with Gasteiger partial charge in [-0.25, -0.2) is 4.79 Å². The van der Waals surface area contributed by atoms with Crippen LogP contribution in [-0.2, 0) is 9.59 Å². The molecule has 1 heterocycles. The number of nitrogens with zero attached hydrogens (tertiary/aromatic N) is 1. The molecule has 0 aromatic carbocycles. The number of carboxylic acid groups (broad SMARTS) is 1. The second-order valence-corrected chi connectivity index (χ2v) is 5.65. The highest BCUT2D eigenvalue weighted by Gasteiger charge is 2.43. The molecule has 1 rings (SSSR count). The van der Waals surface area contributed by atoms with E-state index < -0.39 is 17.4 Å².